The van der Waals surface area contributed by atoms with Crippen LogP contribution >= 0.6 is 0 Å². The van der Waals surface area contributed by atoms with E-state index in [-0.39, 0.29) is 19.1 Å². The molecule has 2 aromatic carbocycles. The van der Waals surface area contributed by atoms with Gasteiger partial charge in [0.25, 0.3) is 0 Å². The van der Waals surface area contributed by atoms with E-state index in [1.807, 2.05) is 55.5 Å². The van der Waals surface area contributed by atoms with Gasteiger partial charge in [-0.3, -0.25) is 9.69 Å². The van der Waals surface area contributed by atoms with Gasteiger partial charge in [-0.25, -0.2) is 9.59 Å². The Labute approximate surface area is 174 Å². The van der Waals surface area contributed by atoms with Crippen LogP contribution in [0.25, 0.3) is 0 Å². The molecule has 2 aromatic rings. The van der Waals surface area contributed by atoms with Gasteiger partial charge in [-0.1, -0.05) is 48.9 Å². The first kappa shape index (κ1) is 19.7. The van der Waals surface area contributed by atoms with E-state index >= 15 is 0 Å². The molecule has 0 saturated heterocycles. The Morgan fingerprint density at radius 2 is 1.83 bits per heavy atom. The zero-order valence-corrected chi connectivity index (χ0v) is 16.9. The SMILES string of the molecule is CCc1ccc(NC(=O)CN2C(=O)N[C@@H](c3ccc(C)cc3)C3=C2COC3=O)cc1. The molecular weight excluding hydrogens is 382 g/mol. The second kappa shape index (κ2) is 8.02. The second-order valence-corrected chi connectivity index (χ2v) is 7.41. The van der Waals surface area contributed by atoms with E-state index in [4.69, 9.17) is 4.74 Å². The lowest BCUT2D eigenvalue weighted by Crippen LogP contribution is -2.49. The lowest BCUT2D eigenvalue weighted by molar-refractivity contribution is -0.136. The highest BCUT2D eigenvalue weighted by molar-refractivity contribution is 6.00. The molecule has 0 fully saturated rings. The molecule has 2 aliphatic rings. The number of hydrogen-bond donors (Lipinski definition) is 2. The van der Waals surface area contributed by atoms with Crippen LogP contribution in [-0.4, -0.2) is 36.0 Å². The van der Waals surface area contributed by atoms with Crippen molar-refractivity contribution in [2.45, 2.75) is 26.3 Å². The average molecular weight is 405 g/mol. The van der Waals surface area contributed by atoms with E-state index in [2.05, 4.69) is 17.6 Å². The number of anilines is 1. The first-order valence-electron chi connectivity index (χ1n) is 9.90. The molecule has 154 valence electrons. The number of nitrogens with zero attached hydrogens (tertiary/aromatic N) is 1. The molecule has 1 atom stereocenters. The third kappa shape index (κ3) is 3.78. The molecule has 0 aromatic heterocycles. The molecular formula is C23H23N3O4. The van der Waals surface area contributed by atoms with Crippen molar-refractivity contribution in [1.29, 1.82) is 0 Å². The fraction of sp³-hybridized carbons (Fsp3) is 0.261. The van der Waals surface area contributed by atoms with Crippen LogP contribution in [0, 0.1) is 6.92 Å². The van der Waals surface area contributed by atoms with Gasteiger partial charge in [-0.2, -0.15) is 0 Å². The van der Waals surface area contributed by atoms with E-state index in [1.165, 1.54) is 10.5 Å². The molecule has 7 nitrogen and oxygen atoms in total. The fourth-order valence-corrected chi connectivity index (χ4v) is 3.66. The number of carbonyl (C=O) groups excluding carboxylic acids is 3. The van der Waals surface area contributed by atoms with E-state index in [0.717, 1.165) is 17.5 Å². The van der Waals surface area contributed by atoms with Crippen LogP contribution < -0.4 is 10.6 Å². The first-order valence-corrected chi connectivity index (χ1v) is 9.90. The van der Waals surface area contributed by atoms with Crippen LogP contribution in [0.15, 0.2) is 59.8 Å². The Morgan fingerprint density at radius 1 is 1.13 bits per heavy atom. The van der Waals surface area contributed by atoms with Crippen molar-refractivity contribution in [2.24, 2.45) is 0 Å². The molecule has 0 saturated carbocycles. The average Bonchev–Trinajstić information content (AvgIpc) is 3.13. The number of urea groups is 1. The summed E-state index contributed by atoms with van der Waals surface area (Å²) in [7, 11) is 0. The Balaban J connectivity index is 1.55. The number of carbonyl (C=O) groups is 3. The number of nitrogens with one attached hydrogen (secondary N) is 2. The highest BCUT2D eigenvalue weighted by Gasteiger charge is 2.42. The van der Waals surface area contributed by atoms with Crippen molar-refractivity contribution in [3.05, 3.63) is 76.5 Å². The molecule has 0 radical (unpaired) electrons. The minimum atomic E-state index is -0.594. The van der Waals surface area contributed by atoms with Crippen LogP contribution in [0.3, 0.4) is 0 Å². The lowest BCUT2D eigenvalue weighted by atomic mass is 9.95. The van der Waals surface area contributed by atoms with Crippen molar-refractivity contribution >= 4 is 23.6 Å². The quantitative estimate of drug-likeness (QED) is 0.749. The molecule has 0 unspecified atom stereocenters. The summed E-state index contributed by atoms with van der Waals surface area (Å²) in [5, 5.41) is 5.63. The van der Waals surface area contributed by atoms with Gasteiger partial charge in [0.1, 0.15) is 13.2 Å². The Hall–Kier alpha value is -3.61. The van der Waals surface area contributed by atoms with Gasteiger partial charge in [0, 0.05) is 5.69 Å². The van der Waals surface area contributed by atoms with E-state index in [0.29, 0.717) is 17.0 Å². The predicted molar refractivity (Wildman–Crippen MR) is 112 cm³/mol. The molecule has 2 heterocycles. The summed E-state index contributed by atoms with van der Waals surface area (Å²) in [6.45, 7) is 3.79. The molecule has 0 aliphatic carbocycles. The maximum absolute atomic E-state index is 12.8. The van der Waals surface area contributed by atoms with Gasteiger partial charge in [-0.15, -0.1) is 0 Å². The fourth-order valence-electron chi connectivity index (χ4n) is 3.66. The van der Waals surface area contributed by atoms with Gasteiger partial charge >= 0.3 is 12.0 Å². The summed E-state index contributed by atoms with van der Waals surface area (Å²) in [5.41, 5.74) is 4.50. The number of rotatable bonds is 5. The lowest BCUT2D eigenvalue weighted by Gasteiger charge is -2.32. The van der Waals surface area contributed by atoms with E-state index in [9.17, 15) is 14.4 Å². The number of hydrogen-bond acceptors (Lipinski definition) is 4. The van der Waals surface area contributed by atoms with Gasteiger partial charge < -0.3 is 15.4 Å². The third-order valence-corrected chi connectivity index (χ3v) is 5.36. The normalized spacial score (nSPS) is 18.1. The highest BCUT2D eigenvalue weighted by atomic mass is 16.5. The van der Waals surface area contributed by atoms with Crippen LogP contribution in [0.5, 0.6) is 0 Å². The van der Waals surface area contributed by atoms with E-state index < -0.39 is 18.0 Å². The van der Waals surface area contributed by atoms with Gasteiger partial charge in [0.05, 0.1) is 17.3 Å². The Kier molecular flexibility index (Phi) is 5.27. The van der Waals surface area contributed by atoms with Gasteiger partial charge in [0.15, 0.2) is 0 Å². The monoisotopic (exact) mass is 405 g/mol. The number of benzene rings is 2. The Morgan fingerprint density at radius 3 is 2.50 bits per heavy atom. The van der Waals surface area contributed by atoms with Crippen molar-refractivity contribution in [3.8, 4) is 0 Å². The van der Waals surface area contributed by atoms with E-state index in [1.54, 1.807) is 0 Å². The summed E-state index contributed by atoms with van der Waals surface area (Å²) in [5.74, 6) is -0.828. The predicted octanol–water partition coefficient (Wildman–Crippen LogP) is 3.07. The molecule has 3 amide bonds. The van der Waals surface area contributed by atoms with Crippen molar-refractivity contribution in [1.82, 2.24) is 10.2 Å². The highest BCUT2D eigenvalue weighted by Crippen LogP contribution is 2.35. The largest absolute Gasteiger partial charge is 0.456 e. The molecule has 0 bridgehead atoms. The molecule has 2 aliphatic heterocycles. The third-order valence-electron chi connectivity index (χ3n) is 5.36. The van der Waals surface area contributed by atoms with Crippen molar-refractivity contribution < 1.29 is 19.1 Å². The summed E-state index contributed by atoms with van der Waals surface area (Å²) < 4.78 is 5.20. The topological polar surface area (TPSA) is 87.7 Å². The summed E-state index contributed by atoms with van der Waals surface area (Å²) in [6, 6.07) is 14.1. The minimum Gasteiger partial charge on any atom is -0.456 e. The standard InChI is InChI=1S/C23H23N3O4/c1-3-15-6-10-17(11-7-15)24-19(27)12-26-18-13-30-22(28)20(18)21(25-23(26)29)16-8-4-14(2)5-9-16/h4-11,21H,3,12-13H2,1-2H3,(H,24,27)(H,25,29)/t21-/m0/s1. The summed E-state index contributed by atoms with van der Waals surface area (Å²) in [6.07, 6.45) is 0.912. The molecule has 0 spiro atoms. The number of esters is 1. The molecule has 2 N–H and O–H groups in total. The minimum absolute atomic E-state index is 0.0254. The zero-order chi connectivity index (χ0) is 21.3. The zero-order valence-electron chi connectivity index (χ0n) is 16.9. The Bertz CT molecular complexity index is 1030. The van der Waals surface area contributed by atoms with Crippen LogP contribution in [0.2, 0.25) is 0 Å². The van der Waals surface area contributed by atoms with Gasteiger partial charge in [-0.05, 0) is 36.6 Å². The maximum atomic E-state index is 12.8. The smallest absolute Gasteiger partial charge is 0.338 e. The summed E-state index contributed by atoms with van der Waals surface area (Å²) in [4.78, 5) is 39.0. The number of ether oxygens (including phenoxy) is 1. The summed E-state index contributed by atoms with van der Waals surface area (Å²) >= 11 is 0. The van der Waals surface area contributed by atoms with Crippen LogP contribution in [0.4, 0.5) is 10.5 Å². The number of aryl methyl sites for hydroxylation is 2. The first-order chi connectivity index (χ1) is 14.5. The maximum Gasteiger partial charge on any atom is 0.338 e. The molecule has 30 heavy (non-hydrogen) atoms. The molecule has 4 rings (SSSR count). The van der Waals surface area contributed by atoms with Crippen molar-refractivity contribution in [2.75, 3.05) is 18.5 Å². The van der Waals surface area contributed by atoms with Gasteiger partial charge in [0.2, 0.25) is 5.91 Å². The number of amides is 3. The number of cyclic esters (lactones) is 1. The van der Waals surface area contributed by atoms with Crippen LogP contribution in [0.1, 0.15) is 29.7 Å². The van der Waals surface area contributed by atoms with Crippen LogP contribution in [-0.2, 0) is 20.7 Å². The van der Waals surface area contributed by atoms with Crippen molar-refractivity contribution in [3.63, 3.8) is 0 Å². The second-order valence-electron chi connectivity index (χ2n) is 7.41. The molecule has 7 heteroatoms.